The number of piperidine rings is 1. The van der Waals surface area contributed by atoms with Crippen LogP contribution < -0.4 is 0 Å². The van der Waals surface area contributed by atoms with Crippen molar-refractivity contribution < 1.29 is 23.9 Å². The molecule has 0 unspecified atom stereocenters. The molecular weight excluding hydrogens is 406 g/mol. The Hall–Kier alpha value is -2.07. The molecule has 4 fully saturated rings. The van der Waals surface area contributed by atoms with E-state index in [0.29, 0.717) is 6.42 Å². The predicted octanol–water partition coefficient (Wildman–Crippen LogP) is 4.81. The number of ketones is 1. The molecule has 0 aromatic heterocycles. The second-order valence-electron chi connectivity index (χ2n) is 11.1. The molecule has 6 heteroatoms. The molecule has 2 aliphatic heterocycles. The van der Waals surface area contributed by atoms with Gasteiger partial charge in [0, 0.05) is 24.3 Å². The molecule has 0 aromatic rings. The third-order valence-corrected chi connectivity index (χ3v) is 7.61. The number of hydrogen-bond donors (Lipinski definition) is 0. The Morgan fingerprint density at radius 2 is 1.91 bits per heavy atom. The lowest BCUT2D eigenvalue weighted by atomic mass is 9.60. The van der Waals surface area contributed by atoms with Gasteiger partial charge >= 0.3 is 12.1 Å². The number of rotatable bonds is 1. The van der Waals surface area contributed by atoms with E-state index in [1.807, 2.05) is 38.7 Å². The first-order chi connectivity index (χ1) is 15.1. The van der Waals surface area contributed by atoms with Crippen LogP contribution in [0.15, 0.2) is 17.4 Å². The van der Waals surface area contributed by atoms with E-state index in [9.17, 15) is 14.4 Å². The second kappa shape index (κ2) is 8.70. The maximum atomic E-state index is 13.0. The molecule has 0 aromatic carbocycles. The van der Waals surface area contributed by atoms with Crippen molar-refractivity contribution in [1.29, 1.82) is 0 Å². The van der Waals surface area contributed by atoms with Gasteiger partial charge in [0.1, 0.15) is 17.5 Å². The van der Waals surface area contributed by atoms with Gasteiger partial charge in [0.05, 0.1) is 12.0 Å². The average molecular weight is 444 g/mol. The van der Waals surface area contributed by atoms with Crippen LogP contribution in [0.4, 0.5) is 4.79 Å². The minimum atomic E-state index is -0.559. The number of ether oxygens (including phenoxy) is 2. The number of esters is 1. The van der Waals surface area contributed by atoms with E-state index in [1.54, 1.807) is 0 Å². The van der Waals surface area contributed by atoms with Gasteiger partial charge in [0.25, 0.3) is 0 Å². The predicted molar refractivity (Wildman–Crippen MR) is 120 cm³/mol. The van der Waals surface area contributed by atoms with Crippen molar-refractivity contribution in [2.45, 2.75) is 103 Å². The van der Waals surface area contributed by atoms with Gasteiger partial charge in [-0.1, -0.05) is 0 Å². The van der Waals surface area contributed by atoms with E-state index < -0.39 is 5.60 Å². The molecule has 7 atom stereocenters. The van der Waals surface area contributed by atoms with Crippen molar-refractivity contribution in [2.75, 3.05) is 0 Å². The number of carbonyl (C=O) groups is 3. The summed E-state index contributed by atoms with van der Waals surface area (Å²) in [5.41, 5.74) is 3.87. The molecule has 2 saturated heterocycles. The molecule has 176 valence electrons. The molecule has 0 N–H and O–H groups in total. The fraction of sp³-hybridized carbons (Fsp3) is 0.769. The fourth-order valence-corrected chi connectivity index (χ4v) is 6.27. The maximum absolute atomic E-state index is 13.0. The summed E-state index contributed by atoms with van der Waals surface area (Å²) in [6.45, 7) is 9.61. The fourth-order valence-electron chi connectivity index (χ4n) is 6.27. The summed E-state index contributed by atoms with van der Waals surface area (Å²) in [5.74, 6) is -0.130. The molecule has 0 bridgehead atoms. The Kier molecular flexibility index (Phi) is 6.28. The number of likely N-dealkylation sites (tertiary alicyclic amines) is 1. The molecule has 2 saturated carbocycles. The Balaban J connectivity index is 1.70. The SMILES string of the molecule is C[C@@H]1OC(=O)[C@H]2C[C@H]3CCCC(=O)[C@H]3C(=C=C[C@H]3CCC[C@H](C)N3C(=O)OC(C)(C)C)[C@@H]12. The van der Waals surface area contributed by atoms with E-state index in [-0.39, 0.29) is 59.7 Å². The van der Waals surface area contributed by atoms with Gasteiger partial charge in [-0.15, -0.1) is 5.73 Å². The Labute approximate surface area is 191 Å². The minimum Gasteiger partial charge on any atom is -0.462 e. The van der Waals surface area contributed by atoms with Gasteiger partial charge in [-0.25, -0.2) is 4.79 Å². The Morgan fingerprint density at radius 3 is 2.62 bits per heavy atom. The van der Waals surface area contributed by atoms with Crippen LogP contribution in [0, 0.1) is 23.7 Å². The number of carbonyl (C=O) groups excluding carboxylic acids is 3. The summed E-state index contributed by atoms with van der Waals surface area (Å²) >= 11 is 0. The monoisotopic (exact) mass is 443 g/mol. The summed E-state index contributed by atoms with van der Waals surface area (Å²) in [6.07, 6.45) is 7.41. The highest BCUT2D eigenvalue weighted by atomic mass is 16.6. The highest BCUT2D eigenvalue weighted by Crippen LogP contribution is 2.51. The summed E-state index contributed by atoms with van der Waals surface area (Å²) < 4.78 is 11.3. The first kappa shape index (κ1) is 23.1. The summed E-state index contributed by atoms with van der Waals surface area (Å²) in [4.78, 5) is 40.3. The Morgan fingerprint density at radius 1 is 1.16 bits per heavy atom. The van der Waals surface area contributed by atoms with Crippen molar-refractivity contribution >= 4 is 17.8 Å². The number of cyclic esters (lactones) is 1. The van der Waals surface area contributed by atoms with Gasteiger partial charge in [0.15, 0.2) is 0 Å². The number of fused-ring (bicyclic) bond motifs is 2. The number of amides is 1. The summed E-state index contributed by atoms with van der Waals surface area (Å²) in [5, 5.41) is 0. The standard InChI is InChI=1S/C26H37NO5/c1-15-8-6-10-18(27(15)25(30)32-26(3,4)5)12-13-19-22-16(2)31-24(29)20(22)14-17-9-7-11-21(28)23(17)19/h12,15-18,20,22-23H,6-11,14H2,1-5H3/t13?,15-,16-,17+,18+,20-,22+,23+/m0/s1. The van der Waals surface area contributed by atoms with Crippen LogP contribution in [0.2, 0.25) is 0 Å². The quantitative estimate of drug-likeness (QED) is 0.429. The van der Waals surface area contributed by atoms with E-state index in [4.69, 9.17) is 9.47 Å². The van der Waals surface area contributed by atoms with Crippen LogP contribution >= 0.6 is 0 Å². The molecule has 0 spiro atoms. The van der Waals surface area contributed by atoms with Gasteiger partial charge in [-0.2, -0.15) is 0 Å². The number of Topliss-reactive ketones (excluding diaryl/α,β-unsaturated/α-hetero) is 1. The number of hydrogen-bond acceptors (Lipinski definition) is 5. The smallest absolute Gasteiger partial charge is 0.411 e. The van der Waals surface area contributed by atoms with Crippen LogP contribution in [0.25, 0.3) is 0 Å². The average Bonchev–Trinajstić information content (AvgIpc) is 2.97. The lowest BCUT2D eigenvalue weighted by molar-refractivity contribution is -0.144. The molecule has 1 amide bonds. The highest BCUT2D eigenvalue weighted by Gasteiger charge is 2.54. The normalized spacial score (nSPS) is 37.2. The largest absolute Gasteiger partial charge is 0.462 e. The van der Waals surface area contributed by atoms with Gasteiger partial charge in [0.2, 0.25) is 0 Å². The Bertz CT molecular complexity index is 849. The molecule has 2 heterocycles. The minimum absolute atomic E-state index is 0.0742. The van der Waals surface area contributed by atoms with Gasteiger partial charge < -0.3 is 9.47 Å². The molecular formula is C26H37NO5. The van der Waals surface area contributed by atoms with Crippen LogP contribution in [0.5, 0.6) is 0 Å². The van der Waals surface area contributed by atoms with E-state index >= 15 is 0 Å². The molecule has 6 nitrogen and oxygen atoms in total. The zero-order valence-electron chi connectivity index (χ0n) is 20.1. The molecule has 0 radical (unpaired) electrons. The zero-order chi connectivity index (χ0) is 23.2. The van der Waals surface area contributed by atoms with Crippen LogP contribution in [0.1, 0.15) is 79.6 Å². The summed E-state index contributed by atoms with van der Waals surface area (Å²) in [6, 6.07) is -0.0583. The van der Waals surface area contributed by atoms with Crippen molar-refractivity contribution in [3.8, 4) is 0 Å². The summed E-state index contributed by atoms with van der Waals surface area (Å²) in [7, 11) is 0. The highest BCUT2D eigenvalue weighted by molar-refractivity contribution is 5.86. The molecule has 2 aliphatic carbocycles. The first-order valence-electron chi connectivity index (χ1n) is 12.3. The topological polar surface area (TPSA) is 72.9 Å². The zero-order valence-corrected chi connectivity index (χ0v) is 20.1. The van der Waals surface area contributed by atoms with Gasteiger partial charge in [-0.05, 0) is 90.7 Å². The molecule has 4 rings (SSSR count). The van der Waals surface area contributed by atoms with Crippen molar-refractivity contribution in [1.82, 2.24) is 4.90 Å². The third kappa shape index (κ3) is 4.39. The van der Waals surface area contributed by atoms with Crippen molar-refractivity contribution in [2.24, 2.45) is 23.7 Å². The van der Waals surface area contributed by atoms with Crippen molar-refractivity contribution in [3.63, 3.8) is 0 Å². The molecule has 32 heavy (non-hydrogen) atoms. The van der Waals surface area contributed by atoms with E-state index in [2.05, 4.69) is 12.7 Å². The second-order valence-corrected chi connectivity index (χ2v) is 11.1. The number of nitrogens with zero attached hydrogens (tertiary/aromatic N) is 1. The van der Waals surface area contributed by atoms with Crippen LogP contribution in [-0.4, -0.2) is 46.5 Å². The van der Waals surface area contributed by atoms with E-state index in [1.165, 1.54) is 0 Å². The lowest BCUT2D eigenvalue weighted by Gasteiger charge is -2.41. The van der Waals surface area contributed by atoms with Gasteiger partial charge in [-0.3, -0.25) is 14.5 Å². The van der Waals surface area contributed by atoms with Crippen LogP contribution in [0.3, 0.4) is 0 Å². The first-order valence-corrected chi connectivity index (χ1v) is 12.3. The third-order valence-electron chi connectivity index (χ3n) is 7.61. The maximum Gasteiger partial charge on any atom is 0.411 e. The lowest BCUT2D eigenvalue weighted by Crippen LogP contribution is -2.49. The van der Waals surface area contributed by atoms with E-state index in [0.717, 1.165) is 44.1 Å². The van der Waals surface area contributed by atoms with Crippen molar-refractivity contribution in [3.05, 3.63) is 17.4 Å². The van der Waals surface area contributed by atoms with Crippen LogP contribution in [-0.2, 0) is 19.1 Å². The molecule has 4 aliphatic rings.